The van der Waals surface area contributed by atoms with Crippen molar-refractivity contribution >= 4 is 17.5 Å². The number of ether oxygens (including phenoxy) is 1. The van der Waals surface area contributed by atoms with Crippen LogP contribution in [0.25, 0.3) is 0 Å². The van der Waals surface area contributed by atoms with Gasteiger partial charge in [-0.3, -0.25) is 0 Å². The van der Waals surface area contributed by atoms with Crippen LogP contribution < -0.4 is 11.1 Å². The molecule has 0 saturated carbocycles. The van der Waals surface area contributed by atoms with Gasteiger partial charge in [-0.05, 0) is 18.4 Å². The Labute approximate surface area is 120 Å². The van der Waals surface area contributed by atoms with Gasteiger partial charge < -0.3 is 15.8 Å². The maximum absolute atomic E-state index is 11.6. The summed E-state index contributed by atoms with van der Waals surface area (Å²) in [6.45, 7) is 5.20. The van der Waals surface area contributed by atoms with Crippen LogP contribution in [0.1, 0.15) is 49.9 Å². The minimum absolute atomic E-state index is 0.352. The molecule has 0 fully saturated rings. The molecule has 1 atom stereocenters. The second kappa shape index (κ2) is 8.40. The molecule has 0 aromatic carbocycles. The zero-order chi connectivity index (χ0) is 15.0. The van der Waals surface area contributed by atoms with Gasteiger partial charge in [0.15, 0.2) is 0 Å². The third-order valence-corrected chi connectivity index (χ3v) is 3.50. The molecule has 1 aromatic rings. The number of anilines is 2. The molecule has 5 nitrogen and oxygen atoms in total. The second-order valence-electron chi connectivity index (χ2n) is 4.91. The van der Waals surface area contributed by atoms with Gasteiger partial charge in [-0.25, -0.2) is 9.78 Å². The summed E-state index contributed by atoms with van der Waals surface area (Å²) in [5.41, 5.74) is 6.67. The van der Waals surface area contributed by atoms with Crippen LogP contribution in [-0.4, -0.2) is 24.6 Å². The number of carbonyl (C=O) groups excluding carboxylic acids is 1. The number of pyridine rings is 1. The first-order valence-electron chi connectivity index (χ1n) is 7.20. The van der Waals surface area contributed by atoms with Crippen molar-refractivity contribution in [2.75, 3.05) is 24.7 Å². The number of hydrogen-bond acceptors (Lipinski definition) is 5. The van der Waals surface area contributed by atoms with Gasteiger partial charge in [0.05, 0.1) is 18.4 Å². The molecular weight excluding hydrogens is 254 g/mol. The largest absolute Gasteiger partial charge is 0.465 e. The molecular formula is C15H25N3O2. The van der Waals surface area contributed by atoms with Crippen LogP contribution in [0.4, 0.5) is 11.5 Å². The number of rotatable bonds is 8. The molecule has 0 spiro atoms. The van der Waals surface area contributed by atoms with Crippen molar-refractivity contribution < 1.29 is 9.53 Å². The summed E-state index contributed by atoms with van der Waals surface area (Å²) in [4.78, 5) is 15.8. The lowest BCUT2D eigenvalue weighted by Gasteiger charge is -2.17. The molecule has 20 heavy (non-hydrogen) atoms. The molecule has 0 radical (unpaired) electrons. The number of nitrogens with two attached hydrogens (primary N) is 1. The topological polar surface area (TPSA) is 77.2 Å². The molecule has 1 aromatic heterocycles. The maximum Gasteiger partial charge on any atom is 0.340 e. The first-order valence-corrected chi connectivity index (χ1v) is 7.20. The standard InChI is InChI=1S/C15H25N3O2/c1-4-6-7-11(5-2)10-18-14-13(16)12(8-9-17-14)15(19)20-3/h8-9,11H,4-7,10,16H2,1-3H3,(H,17,18). The normalized spacial score (nSPS) is 11.9. The zero-order valence-electron chi connectivity index (χ0n) is 12.6. The number of nitrogens with one attached hydrogen (secondary N) is 1. The molecule has 0 aliphatic carbocycles. The molecule has 1 heterocycles. The fraction of sp³-hybridized carbons (Fsp3) is 0.600. The summed E-state index contributed by atoms with van der Waals surface area (Å²) < 4.78 is 4.70. The molecule has 0 saturated heterocycles. The van der Waals surface area contributed by atoms with Crippen LogP contribution in [0.5, 0.6) is 0 Å². The fourth-order valence-corrected chi connectivity index (χ4v) is 2.09. The molecule has 1 rings (SSSR count). The van der Waals surface area contributed by atoms with E-state index in [1.165, 1.54) is 26.4 Å². The summed E-state index contributed by atoms with van der Waals surface area (Å²) >= 11 is 0. The van der Waals surface area contributed by atoms with Crippen LogP contribution in [-0.2, 0) is 4.74 Å². The minimum Gasteiger partial charge on any atom is -0.465 e. The van der Waals surface area contributed by atoms with E-state index in [0.717, 1.165) is 13.0 Å². The van der Waals surface area contributed by atoms with E-state index in [1.54, 1.807) is 12.3 Å². The number of methoxy groups -OCH3 is 1. The Morgan fingerprint density at radius 3 is 2.85 bits per heavy atom. The van der Waals surface area contributed by atoms with Gasteiger partial charge in [-0.1, -0.05) is 33.1 Å². The Kier molecular flexibility index (Phi) is 6.84. The van der Waals surface area contributed by atoms with Crippen molar-refractivity contribution in [2.45, 2.75) is 39.5 Å². The van der Waals surface area contributed by atoms with E-state index in [1.807, 2.05) is 0 Å². The van der Waals surface area contributed by atoms with Gasteiger partial charge in [-0.2, -0.15) is 0 Å². The number of nitrogens with zero attached hydrogens (tertiary/aromatic N) is 1. The van der Waals surface area contributed by atoms with Crippen LogP contribution in [0.2, 0.25) is 0 Å². The van der Waals surface area contributed by atoms with Gasteiger partial charge in [0, 0.05) is 12.7 Å². The Bertz CT molecular complexity index is 435. The van der Waals surface area contributed by atoms with Crippen molar-refractivity contribution in [2.24, 2.45) is 5.92 Å². The third kappa shape index (κ3) is 4.40. The van der Waals surface area contributed by atoms with Gasteiger partial charge >= 0.3 is 5.97 Å². The minimum atomic E-state index is -0.439. The van der Waals surface area contributed by atoms with Crippen LogP contribution in [0.15, 0.2) is 12.3 Å². The number of unbranched alkanes of at least 4 members (excludes halogenated alkanes) is 1. The van der Waals surface area contributed by atoms with E-state index in [9.17, 15) is 4.79 Å². The van der Waals surface area contributed by atoms with E-state index in [0.29, 0.717) is 23.0 Å². The molecule has 1 unspecified atom stereocenters. The number of carbonyl (C=O) groups is 1. The quantitative estimate of drug-likeness (QED) is 0.715. The molecule has 0 aliphatic rings. The average molecular weight is 279 g/mol. The Morgan fingerprint density at radius 2 is 2.25 bits per heavy atom. The van der Waals surface area contributed by atoms with Crippen LogP contribution >= 0.6 is 0 Å². The summed E-state index contributed by atoms with van der Waals surface area (Å²) in [7, 11) is 1.34. The van der Waals surface area contributed by atoms with E-state index in [2.05, 4.69) is 24.1 Å². The second-order valence-corrected chi connectivity index (χ2v) is 4.91. The number of esters is 1. The highest BCUT2D eigenvalue weighted by molar-refractivity contribution is 5.97. The molecule has 3 N–H and O–H groups in total. The van der Waals surface area contributed by atoms with Crippen molar-refractivity contribution in [1.29, 1.82) is 0 Å². The monoisotopic (exact) mass is 279 g/mol. The highest BCUT2D eigenvalue weighted by Gasteiger charge is 2.14. The summed E-state index contributed by atoms with van der Waals surface area (Å²) in [6, 6.07) is 1.57. The summed E-state index contributed by atoms with van der Waals surface area (Å²) in [5.74, 6) is 0.715. The predicted octanol–water partition coefficient (Wildman–Crippen LogP) is 3.08. The van der Waals surface area contributed by atoms with Crippen molar-refractivity contribution in [3.63, 3.8) is 0 Å². The number of hydrogen-bond donors (Lipinski definition) is 2. The molecule has 112 valence electrons. The lowest BCUT2D eigenvalue weighted by atomic mass is 9.99. The highest BCUT2D eigenvalue weighted by atomic mass is 16.5. The molecule has 0 bridgehead atoms. The van der Waals surface area contributed by atoms with E-state index >= 15 is 0 Å². The summed E-state index contributed by atoms with van der Waals surface area (Å²) in [6.07, 6.45) is 6.30. The summed E-state index contributed by atoms with van der Waals surface area (Å²) in [5, 5.41) is 3.25. The third-order valence-electron chi connectivity index (χ3n) is 3.50. The highest BCUT2D eigenvalue weighted by Crippen LogP contribution is 2.22. The Hall–Kier alpha value is -1.78. The average Bonchev–Trinajstić information content (AvgIpc) is 2.48. The first-order chi connectivity index (χ1) is 9.63. The lowest BCUT2D eigenvalue weighted by Crippen LogP contribution is -2.17. The van der Waals surface area contributed by atoms with Crippen LogP contribution in [0.3, 0.4) is 0 Å². The van der Waals surface area contributed by atoms with Gasteiger partial charge in [0.25, 0.3) is 0 Å². The number of nitrogen functional groups attached to an aromatic ring is 1. The zero-order valence-corrected chi connectivity index (χ0v) is 12.6. The number of aromatic nitrogens is 1. The molecule has 0 amide bonds. The SMILES string of the molecule is CCCCC(CC)CNc1nccc(C(=O)OC)c1N. The Balaban J connectivity index is 2.70. The van der Waals surface area contributed by atoms with Crippen molar-refractivity contribution in [1.82, 2.24) is 4.98 Å². The van der Waals surface area contributed by atoms with Gasteiger partial charge in [-0.15, -0.1) is 0 Å². The van der Waals surface area contributed by atoms with E-state index in [-0.39, 0.29) is 0 Å². The van der Waals surface area contributed by atoms with Gasteiger partial charge in [0.2, 0.25) is 0 Å². The van der Waals surface area contributed by atoms with E-state index in [4.69, 9.17) is 10.5 Å². The Morgan fingerprint density at radius 1 is 1.50 bits per heavy atom. The van der Waals surface area contributed by atoms with Gasteiger partial charge in [0.1, 0.15) is 5.82 Å². The lowest BCUT2D eigenvalue weighted by molar-refractivity contribution is 0.0602. The van der Waals surface area contributed by atoms with Crippen molar-refractivity contribution in [3.8, 4) is 0 Å². The van der Waals surface area contributed by atoms with Crippen LogP contribution in [0, 0.1) is 5.92 Å². The predicted molar refractivity (Wildman–Crippen MR) is 81.8 cm³/mol. The van der Waals surface area contributed by atoms with Crippen molar-refractivity contribution in [3.05, 3.63) is 17.8 Å². The molecule has 5 heteroatoms. The van der Waals surface area contributed by atoms with E-state index < -0.39 is 5.97 Å². The smallest absolute Gasteiger partial charge is 0.340 e. The molecule has 0 aliphatic heterocycles. The maximum atomic E-state index is 11.6. The first kappa shape index (κ1) is 16.3. The fourth-order valence-electron chi connectivity index (χ4n) is 2.09.